The molecular weight excluding hydrogens is 226 g/mol. The molecule has 0 saturated heterocycles. The molecule has 4 heteroatoms. The van der Waals surface area contributed by atoms with Gasteiger partial charge in [-0.2, -0.15) is 0 Å². The monoisotopic (exact) mass is 235 g/mol. The zero-order valence-corrected chi connectivity index (χ0v) is 8.70. The number of nitrogens with zero attached hydrogens (tertiary/aromatic N) is 1. The van der Waals surface area contributed by atoms with Crippen LogP contribution in [-0.2, 0) is 12.8 Å². The van der Waals surface area contributed by atoms with Crippen LogP contribution >= 0.6 is 27.3 Å². The van der Waals surface area contributed by atoms with Crippen molar-refractivity contribution in [1.82, 2.24) is 4.98 Å². The molecule has 0 spiro atoms. The van der Waals surface area contributed by atoms with Crippen LogP contribution in [-0.4, -0.2) is 16.7 Å². The summed E-state index contributed by atoms with van der Waals surface area (Å²) in [5.74, 6) is 0. The minimum atomic E-state index is 0.198. The smallest absolute Gasteiger partial charge is 0.120 e. The lowest BCUT2D eigenvalue weighted by Crippen LogP contribution is -1.86. The Kier molecular flexibility index (Phi) is 3.48. The Balaban J connectivity index is 2.79. The van der Waals surface area contributed by atoms with Gasteiger partial charge in [0.25, 0.3) is 0 Å². The van der Waals surface area contributed by atoms with E-state index in [2.05, 4.69) is 27.8 Å². The van der Waals surface area contributed by atoms with Gasteiger partial charge in [-0.25, -0.2) is 4.98 Å². The van der Waals surface area contributed by atoms with Crippen LogP contribution in [0.15, 0.2) is 4.60 Å². The van der Waals surface area contributed by atoms with Crippen molar-refractivity contribution in [3.8, 4) is 0 Å². The normalized spacial score (nSPS) is 10.5. The molecule has 0 radical (unpaired) electrons. The summed E-state index contributed by atoms with van der Waals surface area (Å²) >= 11 is 5.01. The Morgan fingerprint density at radius 1 is 1.64 bits per heavy atom. The van der Waals surface area contributed by atoms with E-state index in [1.54, 1.807) is 11.3 Å². The molecule has 1 aromatic heterocycles. The van der Waals surface area contributed by atoms with Crippen LogP contribution < -0.4 is 0 Å². The van der Waals surface area contributed by atoms with Crippen LogP contribution in [0.5, 0.6) is 0 Å². The first-order valence-electron chi connectivity index (χ1n) is 3.52. The Morgan fingerprint density at radius 2 is 2.36 bits per heavy atom. The Morgan fingerprint density at radius 3 is 2.82 bits per heavy atom. The van der Waals surface area contributed by atoms with Gasteiger partial charge in [-0.05, 0) is 22.4 Å². The van der Waals surface area contributed by atoms with Crippen LogP contribution in [0.1, 0.15) is 16.8 Å². The number of halogens is 1. The molecule has 0 fully saturated rings. The molecule has 62 valence electrons. The maximum absolute atomic E-state index is 8.68. The summed E-state index contributed by atoms with van der Waals surface area (Å²) < 4.78 is 0.897. The number of hydrogen-bond acceptors (Lipinski definition) is 3. The summed E-state index contributed by atoms with van der Waals surface area (Å²) in [6.07, 6.45) is 1.67. The minimum absolute atomic E-state index is 0.198. The Labute approximate surface area is 78.4 Å². The van der Waals surface area contributed by atoms with E-state index in [9.17, 15) is 0 Å². The molecule has 0 aliphatic rings. The van der Waals surface area contributed by atoms with E-state index >= 15 is 0 Å². The average molecular weight is 236 g/mol. The van der Waals surface area contributed by atoms with Crippen LogP contribution in [0.2, 0.25) is 0 Å². The van der Waals surface area contributed by atoms with Crippen LogP contribution in [0.3, 0.4) is 0 Å². The topological polar surface area (TPSA) is 33.1 Å². The largest absolute Gasteiger partial charge is 0.396 e. The van der Waals surface area contributed by atoms with Crippen molar-refractivity contribution < 1.29 is 5.11 Å². The van der Waals surface area contributed by atoms with Gasteiger partial charge in [0, 0.05) is 17.9 Å². The van der Waals surface area contributed by atoms with Crippen molar-refractivity contribution in [2.24, 2.45) is 0 Å². The second kappa shape index (κ2) is 4.18. The maximum Gasteiger partial charge on any atom is 0.120 e. The molecular formula is C7H10BrNOS. The molecule has 1 rings (SSSR count). The first-order valence-corrected chi connectivity index (χ1v) is 5.13. The highest BCUT2D eigenvalue weighted by Crippen LogP contribution is 2.23. The number of aryl methyl sites for hydroxylation is 1. The lowest BCUT2D eigenvalue weighted by atomic mass is 10.4. The summed E-state index contributed by atoms with van der Waals surface area (Å²) in [7, 11) is 0. The van der Waals surface area contributed by atoms with Gasteiger partial charge in [-0.1, -0.05) is 6.92 Å². The van der Waals surface area contributed by atoms with Gasteiger partial charge >= 0.3 is 0 Å². The molecule has 0 atom stereocenters. The molecule has 0 amide bonds. The first-order chi connectivity index (χ1) is 5.27. The third-order valence-corrected chi connectivity index (χ3v) is 3.51. The van der Waals surface area contributed by atoms with E-state index in [-0.39, 0.29) is 6.61 Å². The van der Waals surface area contributed by atoms with Crippen molar-refractivity contribution in [1.29, 1.82) is 0 Å². The maximum atomic E-state index is 8.68. The van der Waals surface area contributed by atoms with E-state index in [1.807, 2.05) is 0 Å². The second-order valence-corrected chi connectivity index (χ2v) is 4.07. The summed E-state index contributed by atoms with van der Waals surface area (Å²) in [6.45, 7) is 2.28. The van der Waals surface area contributed by atoms with Crippen molar-refractivity contribution in [2.45, 2.75) is 19.8 Å². The van der Waals surface area contributed by atoms with E-state index in [0.717, 1.165) is 20.9 Å². The lowest BCUT2D eigenvalue weighted by molar-refractivity contribution is 0.300. The van der Waals surface area contributed by atoms with Crippen molar-refractivity contribution >= 4 is 27.3 Å². The molecule has 0 aliphatic carbocycles. The van der Waals surface area contributed by atoms with Gasteiger partial charge in [-0.15, -0.1) is 11.3 Å². The average Bonchev–Trinajstić information content (AvgIpc) is 2.33. The molecule has 11 heavy (non-hydrogen) atoms. The predicted octanol–water partition coefficient (Wildman–Crippen LogP) is 2.00. The highest BCUT2D eigenvalue weighted by molar-refractivity contribution is 9.10. The predicted molar refractivity (Wildman–Crippen MR) is 50.0 cm³/mol. The molecule has 0 aliphatic heterocycles. The lowest BCUT2D eigenvalue weighted by Gasteiger charge is -1.89. The summed E-state index contributed by atoms with van der Waals surface area (Å²) in [5.41, 5.74) is 0. The zero-order chi connectivity index (χ0) is 8.27. The second-order valence-electron chi connectivity index (χ2n) is 2.15. The third kappa shape index (κ3) is 2.25. The first kappa shape index (κ1) is 9.16. The fourth-order valence-electron chi connectivity index (χ4n) is 0.786. The number of thiazole rings is 1. The van der Waals surface area contributed by atoms with Gasteiger partial charge < -0.3 is 5.11 Å². The van der Waals surface area contributed by atoms with E-state index < -0.39 is 0 Å². The van der Waals surface area contributed by atoms with E-state index in [1.165, 1.54) is 0 Å². The number of hydrogen-bond donors (Lipinski definition) is 1. The standard InChI is InChI=1S/C7H10BrNOS/c1-2-6-9-7(8)5(11-6)3-4-10/h10H,2-4H2,1H3. The van der Waals surface area contributed by atoms with Gasteiger partial charge in [0.1, 0.15) is 4.60 Å². The molecule has 0 aromatic carbocycles. The highest BCUT2D eigenvalue weighted by atomic mass is 79.9. The molecule has 0 unspecified atom stereocenters. The summed E-state index contributed by atoms with van der Waals surface area (Å²) in [6, 6.07) is 0. The molecule has 1 heterocycles. The third-order valence-electron chi connectivity index (χ3n) is 1.34. The minimum Gasteiger partial charge on any atom is -0.396 e. The van der Waals surface area contributed by atoms with Crippen molar-refractivity contribution in [3.05, 3.63) is 14.5 Å². The van der Waals surface area contributed by atoms with E-state index in [0.29, 0.717) is 6.42 Å². The van der Waals surface area contributed by atoms with Gasteiger partial charge in [-0.3, -0.25) is 0 Å². The number of aliphatic hydroxyl groups is 1. The van der Waals surface area contributed by atoms with Gasteiger partial charge in [0.15, 0.2) is 0 Å². The van der Waals surface area contributed by atoms with Gasteiger partial charge in [0.05, 0.1) is 5.01 Å². The van der Waals surface area contributed by atoms with Crippen LogP contribution in [0.4, 0.5) is 0 Å². The number of rotatable bonds is 3. The van der Waals surface area contributed by atoms with Gasteiger partial charge in [0.2, 0.25) is 0 Å². The number of aromatic nitrogens is 1. The molecule has 0 bridgehead atoms. The van der Waals surface area contributed by atoms with Crippen molar-refractivity contribution in [2.75, 3.05) is 6.61 Å². The Hall–Kier alpha value is 0.0700. The molecule has 1 aromatic rings. The van der Waals surface area contributed by atoms with E-state index in [4.69, 9.17) is 5.11 Å². The summed E-state index contributed by atoms with van der Waals surface area (Å²) in [4.78, 5) is 5.41. The fourth-order valence-corrected chi connectivity index (χ4v) is 2.45. The molecule has 2 nitrogen and oxygen atoms in total. The van der Waals surface area contributed by atoms with Crippen LogP contribution in [0, 0.1) is 0 Å². The molecule has 0 saturated carbocycles. The SMILES string of the molecule is CCc1nc(Br)c(CCO)s1. The molecule has 1 N–H and O–H groups in total. The number of aliphatic hydroxyl groups excluding tert-OH is 1. The van der Waals surface area contributed by atoms with Crippen LogP contribution in [0.25, 0.3) is 0 Å². The fraction of sp³-hybridized carbons (Fsp3) is 0.571. The zero-order valence-electron chi connectivity index (χ0n) is 6.30. The summed E-state index contributed by atoms with van der Waals surface area (Å²) in [5, 5.41) is 9.81. The van der Waals surface area contributed by atoms with Crippen molar-refractivity contribution in [3.63, 3.8) is 0 Å². The Bertz CT molecular complexity index is 236. The highest BCUT2D eigenvalue weighted by Gasteiger charge is 2.05. The quantitative estimate of drug-likeness (QED) is 0.870.